The Morgan fingerprint density at radius 1 is 1.08 bits per heavy atom. The fourth-order valence-electron chi connectivity index (χ4n) is 0.773. The molecule has 0 aliphatic carbocycles. The highest BCUT2D eigenvalue weighted by Crippen LogP contribution is 2.06. The van der Waals surface area contributed by atoms with Crippen LogP contribution in [0.3, 0.4) is 0 Å². The number of hydrogen-bond donors (Lipinski definition) is 0. The van der Waals surface area contributed by atoms with Crippen molar-refractivity contribution < 1.29 is 19.1 Å². The van der Waals surface area contributed by atoms with E-state index >= 15 is 0 Å². The second-order valence-electron chi connectivity index (χ2n) is 2.81. The summed E-state index contributed by atoms with van der Waals surface area (Å²) in [5.74, 6) is -1.24. The molecule has 0 atom stereocenters. The highest BCUT2D eigenvalue weighted by molar-refractivity contribution is 6.13. The maximum atomic E-state index is 11.1. The van der Waals surface area contributed by atoms with Crippen LogP contribution in [0.5, 0.6) is 0 Å². The molecule has 0 aromatic rings. The van der Waals surface area contributed by atoms with Crippen LogP contribution in [0.1, 0.15) is 13.8 Å². The molecule has 4 nitrogen and oxygen atoms in total. The monoisotopic (exact) mass is 186 g/mol. The Hall–Kier alpha value is -1.32. The van der Waals surface area contributed by atoms with E-state index in [1.807, 2.05) is 13.8 Å². The first-order chi connectivity index (χ1) is 6.02. The van der Waals surface area contributed by atoms with E-state index in [0.29, 0.717) is 0 Å². The van der Waals surface area contributed by atoms with Crippen LogP contribution in [0, 0.1) is 5.92 Å². The zero-order valence-electron chi connectivity index (χ0n) is 8.29. The summed E-state index contributed by atoms with van der Waals surface area (Å²) in [5, 5.41) is 0. The summed E-state index contributed by atoms with van der Waals surface area (Å²) in [6.07, 6.45) is 1.51. The van der Waals surface area contributed by atoms with Crippen LogP contribution in [-0.2, 0) is 19.1 Å². The molecule has 13 heavy (non-hydrogen) atoms. The first kappa shape index (κ1) is 11.7. The Morgan fingerprint density at radius 3 is 1.69 bits per heavy atom. The summed E-state index contributed by atoms with van der Waals surface area (Å²) in [4.78, 5) is 22.1. The van der Waals surface area contributed by atoms with E-state index < -0.39 is 11.9 Å². The van der Waals surface area contributed by atoms with Crippen molar-refractivity contribution in [3.8, 4) is 0 Å². The van der Waals surface area contributed by atoms with E-state index in [4.69, 9.17) is 0 Å². The second-order valence-corrected chi connectivity index (χ2v) is 2.81. The Kier molecular flexibility index (Phi) is 4.80. The molecular formula is C9H14O4. The number of esters is 2. The van der Waals surface area contributed by atoms with Gasteiger partial charge in [0.2, 0.25) is 0 Å². The third kappa shape index (κ3) is 3.73. The van der Waals surface area contributed by atoms with Crippen LogP contribution in [-0.4, -0.2) is 26.2 Å². The van der Waals surface area contributed by atoms with Crippen molar-refractivity contribution in [3.63, 3.8) is 0 Å². The molecule has 4 heteroatoms. The van der Waals surface area contributed by atoms with Crippen LogP contribution >= 0.6 is 0 Å². The molecule has 0 rings (SSSR count). The number of methoxy groups -OCH3 is 2. The lowest BCUT2D eigenvalue weighted by molar-refractivity contribution is -0.144. The third-order valence-corrected chi connectivity index (χ3v) is 1.31. The van der Waals surface area contributed by atoms with Gasteiger partial charge in [0.15, 0.2) is 0 Å². The van der Waals surface area contributed by atoms with Crippen LogP contribution in [0.25, 0.3) is 0 Å². The number of allylic oxidation sites excluding steroid dienone is 1. The van der Waals surface area contributed by atoms with Crippen molar-refractivity contribution in [1.82, 2.24) is 0 Å². The normalized spacial score (nSPS) is 9.31. The fraction of sp³-hybridized carbons (Fsp3) is 0.556. The summed E-state index contributed by atoms with van der Waals surface area (Å²) in [6, 6.07) is 0. The molecule has 0 saturated carbocycles. The number of rotatable bonds is 3. The Balaban J connectivity index is 4.75. The van der Waals surface area contributed by atoms with Crippen molar-refractivity contribution >= 4 is 11.9 Å². The molecular weight excluding hydrogens is 172 g/mol. The highest BCUT2D eigenvalue weighted by atomic mass is 16.5. The van der Waals surface area contributed by atoms with Crippen molar-refractivity contribution in [2.24, 2.45) is 5.92 Å². The quantitative estimate of drug-likeness (QED) is 0.284. The predicted octanol–water partition coefficient (Wildman–Crippen LogP) is 0.915. The minimum Gasteiger partial charge on any atom is -0.465 e. The van der Waals surface area contributed by atoms with Crippen LogP contribution < -0.4 is 0 Å². The summed E-state index contributed by atoms with van der Waals surface area (Å²) >= 11 is 0. The predicted molar refractivity (Wildman–Crippen MR) is 47.0 cm³/mol. The Morgan fingerprint density at radius 2 is 1.46 bits per heavy atom. The molecule has 0 aromatic carbocycles. The summed E-state index contributed by atoms with van der Waals surface area (Å²) < 4.78 is 8.86. The minimum absolute atomic E-state index is 0.0556. The van der Waals surface area contributed by atoms with E-state index in [0.717, 1.165) is 0 Å². The number of carbonyl (C=O) groups is 2. The topological polar surface area (TPSA) is 52.6 Å². The summed E-state index contributed by atoms with van der Waals surface area (Å²) in [7, 11) is 2.44. The Labute approximate surface area is 77.5 Å². The van der Waals surface area contributed by atoms with Crippen LogP contribution in [0.2, 0.25) is 0 Å². The zero-order chi connectivity index (χ0) is 10.4. The highest BCUT2D eigenvalue weighted by Gasteiger charge is 2.19. The average molecular weight is 186 g/mol. The van der Waals surface area contributed by atoms with Crippen molar-refractivity contribution in [3.05, 3.63) is 11.6 Å². The van der Waals surface area contributed by atoms with Gasteiger partial charge in [-0.3, -0.25) is 0 Å². The lowest BCUT2D eigenvalue weighted by Crippen LogP contribution is -2.16. The summed E-state index contributed by atoms with van der Waals surface area (Å²) in [6.45, 7) is 3.71. The molecule has 0 bridgehead atoms. The van der Waals surface area contributed by atoms with E-state index in [1.165, 1.54) is 20.3 Å². The molecule has 0 aliphatic heterocycles. The van der Waals surface area contributed by atoms with Crippen molar-refractivity contribution in [2.45, 2.75) is 13.8 Å². The smallest absolute Gasteiger partial charge is 0.344 e. The summed E-state index contributed by atoms with van der Waals surface area (Å²) in [5.41, 5.74) is -0.0556. The minimum atomic E-state index is -0.666. The first-order valence-electron chi connectivity index (χ1n) is 3.91. The molecule has 74 valence electrons. The van der Waals surface area contributed by atoms with E-state index in [2.05, 4.69) is 9.47 Å². The van der Waals surface area contributed by atoms with Gasteiger partial charge in [0.25, 0.3) is 0 Å². The molecule has 0 aromatic heterocycles. The van der Waals surface area contributed by atoms with Gasteiger partial charge in [0.1, 0.15) is 5.57 Å². The van der Waals surface area contributed by atoms with E-state index in [9.17, 15) is 9.59 Å². The fourth-order valence-corrected chi connectivity index (χ4v) is 0.773. The molecule has 0 radical (unpaired) electrons. The van der Waals surface area contributed by atoms with Gasteiger partial charge in [0.05, 0.1) is 14.2 Å². The molecule has 0 spiro atoms. The van der Waals surface area contributed by atoms with Gasteiger partial charge in [-0.25, -0.2) is 9.59 Å². The van der Waals surface area contributed by atoms with Crippen LogP contribution in [0.4, 0.5) is 0 Å². The zero-order valence-corrected chi connectivity index (χ0v) is 8.29. The van der Waals surface area contributed by atoms with Gasteiger partial charge < -0.3 is 9.47 Å². The number of carbonyl (C=O) groups excluding carboxylic acids is 2. The molecule has 0 amide bonds. The van der Waals surface area contributed by atoms with Gasteiger partial charge in [0, 0.05) is 0 Å². The van der Waals surface area contributed by atoms with Gasteiger partial charge in [-0.05, 0) is 5.92 Å². The van der Waals surface area contributed by atoms with E-state index in [1.54, 1.807) is 0 Å². The third-order valence-electron chi connectivity index (χ3n) is 1.31. The number of hydrogen-bond acceptors (Lipinski definition) is 4. The van der Waals surface area contributed by atoms with Gasteiger partial charge in [-0.1, -0.05) is 19.9 Å². The SMILES string of the molecule is COC(=O)C(=CC(C)C)C(=O)OC. The molecule has 0 saturated heterocycles. The maximum Gasteiger partial charge on any atom is 0.344 e. The molecule has 0 unspecified atom stereocenters. The molecule has 0 heterocycles. The van der Waals surface area contributed by atoms with Crippen molar-refractivity contribution in [1.29, 1.82) is 0 Å². The molecule has 0 N–H and O–H groups in total. The lowest BCUT2D eigenvalue weighted by atomic mass is 10.1. The van der Waals surface area contributed by atoms with Gasteiger partial charge >= 0.3 is 11.9 Å². The average Bonchev–Trinajstić information content (AvgIpc) is 2.11. The lowest BCUT2D eigenvalue weighted by Gasteiger charge is -2.04. The number of ether oxygens (including phenoxy) is 2. The van der Waals surface area contributed by atoms with Crippen LogP contribution in [0.15, 0.2) is 11.6 Å². The van der Waals surface area contributed by atoms with Gasteiger partial charge in [-0.15, -0.1) is 0 Å². The van der Waals surface area contributed by atoms with Gasteiger partial charge in [-0.2, -0.15) is 0 Å². The van der Waals surface area contributed by atoms with E-state index in [-0.39, 0.29) is 11.5 Å². The van der Waals surface area contributed by atoms with Crippen molar-refractivity contribution in [2.75, 3.05) is 14.2 Å². The largest absolute Gasteiger partial charge is 0.465 e. The standard InChI is InChI=1S/C9H14O4/c1-6(2)5-7(8(10)12-3)9(11)13-4/h5-6H,1-4H3. The Bertz CT molecular complexity index is 210. The second kappa shape index (κ2) is 5.35. The molecule has 0 aliphatic rings. The molecule has 0 fully saturated rings. The maximum absolute atomic E-state index is 11.1. The first-order valence-corrected chi connectivity index (χ1v) is 3.91.